The van der Waals surface area contributed by atoms with Crippen LogP contribution in [0, 0.1) is 0 Å². The van der Waals surface area contributed by atoms with E-state index in [1.54, 1.807) is 54.6 Å². The highest BCUT2D eigenvalue weighted by Gasteiger charge is 2.41. The summed E-state index contributed by atoms with van der Waals surface area (Å²) in [5, 5.41) is 25.3. The molecule has 56 heavy (non-hydrogen) atoms. The fourth-order valence-corrected chi connectivity index (χ4v) is 6.39. The molecule has 0 aliphatic carbocycles. The van der Waals surface area contributed by atoms with Gasteiger partial charge in [-0.25, -0.2) is 0 Å². The molecular weight excluding hydrogens is 724 g/mol. The number of nitrogens with two attached hydrogens (primary N) is 1. The van der Waals surface area contributed by atoms with Crippen molar-refractivity contribution in [3.8, 4) is 5.75 Å². The summed E-state index contributed by atoms with van der Waals surface area (Å²) in [6.45, 7) is 10.0. The number of hydrogen-bond donors (Lipinski definition) is 7. The molecule has 0 radical (unpaired) electrons. The molecule has 2 fully saturated rings. The summed E-state index contributed by atoms with van der Waals surface area (Å²) in [7, 11) is 0. The van der Waals surface area contributed by atoms with Crippen LogP contribution in [0.4, 0.5) is 5.69 Å². The predicted octanol–water partition coefficient (Wildman–Crippen LogP) is -0.720. The Bertz CT molecular complexity index is 1630. The number of nitrogens with one attached hydrogen (secondary N) is 5. The van der Waals surface area contributed by atoms with Crippen LogP contribution in [0.3, 0.4) is 0 Å². The topological polar surface area (TPSA) is 234 Å². The fourth-order valence-electron chi connectivity index (χ4n) is 6.39. The summed E-state index contributed by atoms with van der Waals surface area (Å²) in [6.07, 6.45) is -1.34. The van der Waals surface area contributed by atoms with E-state index in [2.05, 4.69) is 31.5 Å². The number of benzene rings is 2. The number of carbonyl (C=O) groups excluding carboxylic acids is 6. The lowest BCUT2D eigenvalue weighted by Gasteiger charge is -2.32. The van der Waals surface area contributed by atoms with Crippen molar-refractivity contribution in [3.63, 3.8) is 0 Å². The zero-order chi connectivity index (χ0) is 40.7. The van der Waals surface area contributed by atoms with Crippen molar-refractivity contribution in [1.29, 1.82) is 0 Å². The van der Waals surface area contributed by atoms with Crippen LogP contribution in [0.15, 0.2) is 54.6 Å². The van der Waals surface area contributed by atoms with E-state index in [9.17, 15) is 33.9 Å². The maximum absolute atomic E-state index is 13.7. The number of rotatable bonds is 19. The number of amides is 6. The molecule has 0 unspecified atom stereocenters. The van der Waals surface area contributed by atoms with Crippen molar-refractivity contribution in [2.75, 3.05) is 64.4 Å². The second-order valence-corrected chi connectivity index (χ2v) is 15.0. The zero-order valence-electron chi connectivity index (χ0n) is 32.4. The number of primary amides is 1. The SMILES string of the molecule is CC(C)(C)NC(=O)[C@@H]1CCCN1C(=O)[C@@H](O)[C@H](Cc1ccccc1)NC(=O)[C@H](CC(N)=O)NC(=O)COc1ccc(NC(=O)CNCCN2CCOCC2)cc1. The monoisotopic (exact) mass is 780 g/mol. The third-order valence-corrected chi connectivity index (χ3v) is 9.16. The molecule has 2 aromatic carbocycles. The van der Waals surface area contributed by atoms with E-state index in [0.717, 1.165) is 19.6 Å². The van der Waals surface area contributed by atoms with Crippen LogP contribution in [0.5, 0.6) is 5.75 Å². The Kier molecular flexibility index (Phi) is 16.6. The second-order valence-electron chi connectivity index (χ2n) is 15.0. The minimum absolute atomic E-state index is 0.0222. The number of aliphatic hydroxyl groups is 1. The van der Waals surface area contributed by atoms with E-state index in [1.807, 2.05) is 20.8 Å². The Labute approximate surface area is 327 Å². The molecular formula is C39H56N8O9. The number of aliphatic hydroxyl groups excluding tert-OH is 1. The first-order chi connectivity index (χ1) is 26.7. The first-order valence-electron chi connectivity index (χ1n) is 18.9. The quantitative estimate of drug-likeness (QED) is 0.0880. The maximum atomic E-state index is 13.7. The van der Waals surface area contributed by atoms with Crippen LogP contribution < -0.4 is 37.1 Å². The minimum Gasteiger partial charge on any atom is -0.484 e. The van der Waals surface area contributed by atoms with E-state index in [4.69, 9.17) is 15.2 Å². The molecule has 2 aromatic rings. The third-order valence-electron chi connectivity index (χ3n) is 9.16. The molecule has 4 rings (SSSR count). The molecule has 0 spiro atoms. The van der Waals surface area contributed by atoms with Gasteiger partial charge in [-0.2, -0.15) is 0 Å². The second kappa shape index (κ2) is 21.3. The van der Waals surface area contributed by atoms with Gasteiger partial charge in [0.15, 0.2) is 12.7 Å². The van der Waals surface area contributed by atoms with Gasteiger partial charge in [-0.1, -0.05) is 30.3 Å². The lowest BCUT2D eigenvalue weighted by molar-refractivity contribution is -0.147. The van der Waals surface area contributed by atoms with E-state index >= 15 is 0 Å². The van der Waals surface area contributed by atoms with Crippen molar-refractivity contribution < 1.29 is 43.3 Å². The predicted molar refractivity (Wildman–Crippen MR) is 207 cm³/mol. The summed E-state index contributed by atoms with van der Waals surface area (Å²) < 4.78 is 10.9. The molecule has 6 amide bonds. The number of hydrogen-bond acceptors (Lipinski definition) is 11. The first kappa shape index (κ1) is 43.6. The van der Waals surface area contributed by atoms with Crippen LogP contribution in [0.25, 0.3) is 0 Å². The van der Waals surface area contributed by atoms with Crippen molar-refractivity contribution >= 4 is 41.1 Å². The van der Waals surface area contributed by atoms with Crippen LogP contribution in [0.1, 0.15) is 45.6 Å². The van der Waals surface area contributed by atoms with E-state index in [0.29, 0.717) is 49.6 Å². The Morgan fingerprint density at radius 1 is 0.946 bits per heavy atom. The molecule has 0 bridgehead atoms. The third kappa shape index (κ3) is 14.5. The van der Waals surface area contributed by atoms with Crippen molar-refractivity contribution in [3.05, 3.63) is 60.2 Å². The number of likely N-dealkylation sites (tertiary alicyclic amines) is 1. The number of nitrogens with zero attached hydrogens (tertiary/aromatic N) is 2. The Balaban J connectivity index is 1.32. The Hall–Kier alpha value is -5.10. The standard InChI is InChI=1S/C39H56N8O9/c1-39(2,3)45-37(53)31-10-7-16-47(31)38(54)35(51)29(22-26-8-5-4-6-9-26)44-36(52)30(23-32(40)48)43-34(50)25-56-28-13-11-27(12-14-28)42-33(49)24-41-15-17-46-18-20-55-21-19-46/h4-6,8-9,11-14,29-31,35,41,51H,7,10,15-25H2,1-3H3,(H2,40,48)(H,42,49)(H,43,50)(H,44,52)(H,45,53)/t29-,30-,31-,35-/m0/s1. The van der Waals surface area contributed by atoms with Gasteiger partial charge in [-0.3, -0.25) is 33.7 Å². The van der Waals surface area contributed by atoms with E-state index in [-0.39, 0.29) is 31.3 Å². The van der Waals surface area contributed by atoms with Gasteiger partial charge in [0.1, 0.15) is 17.8 Å². The number of ether oxygens (including phenoxy) is 2. The highest BCUT2D eigenvalue weighted by atomic mass is 16.5. The van der Waals surface area contributed by atoms with Crippen LogP contribution in [-0.4, -0.2) is 139 Å². The van der Waals surface area contributed by atoms with Gasteiger partial charge in [-0.15, -0.1) is 0 Å². The lowest BCUT2D eigenvalue weighted by Crippen LogP contribution is -2.59. The Morgan fingerprint density at radius 2 is 1.64 bits per heavy atom. The van der Waals surface area contributed by atoms with Gasteiger partial charge >= 0.3 is 0 Å². The van der Waals surface area contributed by atoms with Gasteiger partial charge in [0.25, 0.3) is 11.8 Å². The average molecular weight is 781 g/mol. The highest BCUT2D eigenvalue weighted by molar-refractivity contribution is 5.94. The Morgan fingerprint density at radius 3 is 2.30 bits per heavy atom. The summed E-state index contributed by atoms with van der Waals surface area (Å²) in [5.74, 6) is -3.46. The highest BCUT2D eigenvalue weighted by Crippen LogP contribution is 2.21. The molecule has 0 saturated carbocycles. The van der Waals surface area contributed by atoms with Gasteiger partial charge < -0.3 is 51.8 Å². The van der Waals surface area contributed by atoms with Gasteiger partial charge in [0.05, 0.1) is 32.2 Å². The van der Waals surface area contributed by atoms with E-state index < -0.39 is 66.4 Å². The number of anilines is 1. The fraction of sp³-hybridized carbons (Fsp3) is 0.538. The van der Waals surface area contributed by atoms with Crippen LogP contribution in [0.2, 0.25) is 0 Å². The smallest absolute Gasteiger partial charge is 0.258 e. The van der Waals surface area contributed by atoms with Crippen molar-refractivity contribution in [2.45, 2.75) is 76.2 Å². The van der Waals surface area contributed by atoms with Gasteiger partial charge in [0.2, 0.25) is 23.6 Å². The molecule has 17 nitrogen and oxygen atoms in total. The molecule has 2 saturated heterocycles. The molecule has 2 aliphatic rings. The van der Waals surface area contributed by atoms with Crippen molar-refractivity contribution in [1.82, 2.24) is 31.1 Å². The molecule has 0 aromatic heterocycles. The van der Waals surface area contributed by atoms with Crippen LogP contribution >= 0.6 is 0 Å². The molecule has 306 valence electrons. The van der Waals surface area contributed by atoms with E-state index in [1.165, 1.54) is 4.90 Å². The molecule has 17 heteroatoms. The van der Waals surface area contributed by atoms with Gasteiger partial charge in [0, 0.05) is 44.0 Å². The normalized spacial score (nSPS) is 17.6. The lowest BCUT2D eigenvalue weighted by atomic mass is 9.99. The molecule has 4 atom stereocenters. The molecule has 2 heterocycles. The summed E-state index contributed by atoms with van der Waals surface area (Å²) in [6, 6.07) is 11.8. The van der Waals surface area contributed by atoms with Crippen molar-refractivity contribution in [2.24, 2.45) is 5.73 Å². The summed E-state index contributed by atoms with van der Waals surface area (Å²) >= 11 is 0. The largest absolute Gasteiger partial charge is 0.484 e. The molecule has 8 N–H and O–H groups in total. The first-order valence-corrected chi connectivity index (χ1v) is 18.9. The average Bonchev–Trinajstić information content (AvgIpc) is 3.66. The maximum Gasteiger partial charge on any atom is 0.258 e. The molecule has 2 aliphatic heterocycles. The number of morpholine rings is 1. The summed E-state index contributed by atoms with van der Waals surface area (Å²) in [5.41, 5.74) is 6.11. The van der Waals surface area contributed by atoms with Crippen LogP contribution in [-0.2, 0) is 39.9 Å². The number of carbonyl (C=O) groups is 6. The zero-order valence-corrected chi connectivity index (χ0v) is 32.4. The summed E-state index contributed by atoms with van der Waals surface area (Å²) in [4.78, 5) is 81.3. The minimum atomic E-state index is -1.76. The van der Waals surface area contributed by atoms with Gasteiger partial charge in [-0.05, 0) is 69.9 Å².